The number of anilines is 3. The van der Waals surface area contributed by atoms with Crippen molar-refractivity contribution in [2.24, 2.45) is 0 Å². The molecule has 1 fully saturated rings. The van der Waals surface area contributed by atoms with E-state index >= 15 is 0 Å². The fourth-order valence-corrected chi connectivity index (χ4v) is 2.94. The maximum absolute atomic E-state index is 6.22. The third-order valence-electron chi connectivity index (χ3n) is 4.55. The number of benzene rings is 1. The van der Waals surface area contributed by atoms with Crippen molar-refractivity contribution in [2.45, 2.75) is 13.0 Å². The molecule has 0 radical (unpaired) electrons. The van der Waals surface area contributed by atoms with Crippen molar-refractivity contribution in [3.63, 3.8) is 0 Å². The van der Waals surface area contributed by atoms with Gasteiger partial charge in [0.15, 0.2) is 11.6 Å². The number of nitrogens with zero attached hydrogens (tertiary/aromatic N) is 3. The number of ether oxygens (including phenoxy) is 2. The number of morpholine rings is 1. The Morgan fingerprint density at radius 2 is 1.81 bits per heavy atom. The Hall–Kier alpha value is -2.58. The van der Waals surface area contributed by atoms with Crippen molar-refractivity contribution < 1.29 is 9.47 Å². The number of hydrogen-bond donors (Lipinski definition) is 3. The van der Waals surface area contributed by atoms with E-state index in [9.17, 15) is 0 Å². The van der Waals surface area contributed by atoms with Crippen LogP contribution in [0.25, 0.3) is 0 Å². The van der Waals surface area contributed by atoms with E-state index in [0.29, 0.717) is 23.9 Å². The molecule has 0 amide bonds. The molecule has 146 valence electrons. The van der Waals surface area contributed by atoms with Crippen LogP contribution in [-0.4, -0.2) is 61.4 Å². The fourth-order valence-electron chi connectivity index (χ4n) is 2.94. The molecule has 8 nitrogen and oxygen atoms in total. The van der Waals surface area contributed by atoms with Crippen LogP contribution in [0.4, 0.5) is 17.3 Å². The van der Waals surface area contributed by atoms with Gasteiger partial charge in [-0.3, -0.25) is 4.90 Å². The summed E-state index contributed by atoms with van der Waals surface area (Å²) in [6.45, 7) is 6.16. The zero-order valence-corrected chi connectivity index (χ0v) is 15.8. The predicted molar refractivity (Wildman–Crippen MR) is 107 cm³/mol. The molecule has 27 heavy (non-hydrogen) atoms. The molecule has 4 N–H and O–H groups in total. The third-order valence-corrected chi connectivity index (χ3v) is 4.55. The molecule has 3 rings (SSSR count). The monoisotopic (exact) mass is 372 g/mol. The summed E-state index contributed by atoms with van der Waals surface area (Å²) < 4.78 is 10.5. The molecular formula is C19H28N6O2. The van der Waals surface area contributed by atoms with Gasteiger partial charge < -0.3 is 25.8 Å². The topological polar surface area (TPSA) is 97.6 Å². The van der Waals surface area contributed by atoms with Gasteiger partial charge >= 0.3 is 0 Å². The second kappa shape index (κ2) is 9.94. The van der Waals surface area contributed by atoms with Crippen molar-refractivity contribution in [1.82, 2.24) is 14.9 Å². The van der Waals surface area contributed by atoms with Crippen molar-refractivity contribution >= 4 is 17.3 Å². The highest BCUT2D eigenvalue weighted by Crippen LogP contribution is 2.23. The van der Waals surface area contributed by atoms with Gasteiger partial charge in [0.25, 0.3) is 0 Å². The van der Waals surface area contributed by atoms with Crippen LogP contribution < -0.4 is 21.1 Å². The first-order valence-electron chi connectivity index (χ1n) is 9.27. The molecule has 2 heterocycles. The molecule has 1 aliphatic rings. The zero-order valence-electron chi connectivity index (χ0n) is 15.8. The average Bonchev–Trinajstić information content (AvgIpc) is 2.72. The quantitative estimate of drug-likeness (QED) is 0.574. The van der Waals surface area contributed by atoms with Gasteiger partial charge in [0.1, 0.15) is 17.8 Å². The van der Waals surface area contributed by atoms with E-state index in [-0.39, 0.29) is 0 Å². The van der Waals surface area contributed by atoms with Crippen LogP contribution in [-0.2, 0) is 11.3 Å². The molecule has 0 saturated carbocycles. The summed E-state index contributed by atoms with van der Waals surface area (Å²) in [5, 5.41) is 6.59. The largest absolute Gasteiger partial charge is 0.497 e. The number of nitrogens with two attached hydrogens (primary N) is 1. The van der Waals surface area contributed by atoms with Gasteiger partial charge in [-0.1, -0.05) is 12.1 Å². The summed E-state index contributed by atoms with van der Waals surface area (Å²) in [5.74, 6) is 2.14. The van der Waals surface area contributed by atoms with E-state index in [0.717, 1.165) is 57.1 Å². The summed E-state index contributed by atoms with van der Waals surface area (Å²) in [6.07, 6.45) is 2.55. The predicted octanol–water partition coefficient (Wildman–Crippen LogP) is 1.81. The molecule has 0 unspecified atom stereocenters. The maximum atomic E-state index is 6.22. The van der Waals surface area contributed by atoms with Gasteiger partial charge in [0.05, 0.1) is 20.3 Å². The van der Waals surface area contributed by atoms with E-state index in [1.807, 2.05) is 24.3 Å². The molecule has 1 aromatic heterocycles. The Kier molecular flexibility index (Phi) is 7.06. The minimum Gasteiger partial charge on any atom is -0.497 e. The minimum atomic E-state index is 0.539. The first kappa shape index (κ1) is 19.2. The summed E-state index contributed by atoms with van der Waals surface area (Å²) in [7, 11) is 1.66. The molecule has 0 aliphatic carbocycles. The van der Waals surface area contributed by atoms with Crippen molar-refractivity contribution in [2.75, 3.05) is 62.9 Å². The first-order chi connectivity index (χ1) is 13.3. The lowest BCUT2D eigenvalue weighted by Gasteiger charge is -2.26. The lowest BCUT2D eigenvalue weighted by molar-refractivity contribution is 0.0378. The highest BCUT2D eigenvalue weighted by molar-refractivity contribution is 5.73. The van der Waals surface area contributed by atoms with Crippen LogP contribution in [0.5, 0.6) is 5.75 Å². The highest BCUT2D eigenvalue weighted by Gasteiger charge is 2.10. The fraction of sp³-hybridized carbons (Fsp3) is 0.474. The van der Waals surface area contributed by atoms with Crippen molar-refractivity contribution in [3.05, 3.63) is 36.2 Å². The summed E-state index contributed by atoms with van der Waals surface area (Å²) in [6, 6.07) is 7.88. The lowest BCUT2D eigenvalue weighted by atomic mass is 10.2. The first-order valence-corrected chi connectivity index (χ1v) is 9.27. The molecule has 8 heteroatoms. The molecule has 0 atom stereocenters. The van der Waals surface area contributed by atoms with E-state index in [1.165, 1.54) is 6.33 Å². The van der Waals surface area contributed by atoms with Gasteiger partial charge in [-0.15, -0.1) is 0 Å². The van der Waals surface area contributed by atoms with Gasteiger partial charge in [-0.25, -0.2) is 9.97 Å². The van der Waals surface area contributed by atoms with Gasteiger partial charge in [0.2, 0.25) is 0 Å². The van der Waals surface area contributed by atoms with Crippen LogP contribution in [0.2, 0.25) is 0 Å². The van der Waals surface area contributed by atoms with Crippen LogP contribution in [0, 0.1) is 0 Å². The van der Waals surface area contributed by atoms with Gasteiger partial charge in [-0.05, 0) is 30.7 Å². The third kappa shape index (κ3) is 5.70. The molecule has 2 aromatic rings. The van der Waals surface area contributed by atoms with Gasteiger partial charge in [-0.2, -0.15) is 0 Å². The highest BCUT2D eigenvalue weighted by atomic mass is 16.5. The number of hydrogen-bond acceptors (Lipinski definition) is 8. The van der Waals surface area contributed by atoms with Gasteiger partial charge in [0, 0.05) is 26.2 Å². The Labute approximate surface area is 160 Å². The number of nitrogen functional groups attached to an aromatic ring is 1. The van der Waals surface area contributed by atoms with E-state index < -0.39 is 0 Å². The average molecular weight is 372 g/mol. The molecule has 0 spiro atoms. The Morgan fingerprint density at radius 3 is 2.52 bits per heavy atom. The second-order valence-electron chi connectivity index (χ2n) is 6.42. The lowest BCUT2D eigenvalue weighted by Crippen LogP contribution is -2.37. The summed E-state index contributed by atoms with van der Waals surface area (Å²) in [4.78, 5) is 10.9. The van der Waals surface area contributed by atoms with E-state index in [4.69, 9.17) is 15.2 Å². The maximum Gasteiger partial charge on any atom is 0.155 e. The summed E-state index contributed by atoms with van der Waals surface area (Å²) >= 11 is 0. The number of rotatable bonds is 9. The van der Waals surface area contributed by atoms with Crippen LogP contribution in [0.1, 0.15) is 12.0 Å². The Bertz CT molecular complexity index is 704. The number of methoxy groups -OCH3 is 1. The van der Waals surface area contributed by atoms with E-state index in [1.54, 1.807) is 7.11 Å². The second-order valence-corrected chi connectivity index (χ2v) is 6.42. The standard InChI is InChI=1S/C19H28N6O2/c1-26-16-5-3-15(4-6-16)13-22-19-17(20)18(23-14-24-19)21-7-2-8-25-9-11-27-12-10-25/h3-6,14H,2,7-13,20H2,1H3,(H2,21,22,23,24). The Balaban J connectivity index is 1.47. The van der Waals surface area contributed by atoms with Crippen LogP contribution in [0.15, 0.2) is 30.6 Å². The summed E-state index contributed by atoms with van der Waals surface area (Å²) in [5.41, 5.74) is 7.88. The zero-order chi connectivity index (χ0) is 18.9. The smallest absolute Gasteiger partial charge is 0.155 e. The Morgan fingerprint density at radius 1 is 1.11 bits per heavy atom. The number of aromatic nitrogens is 2. The minimum absolute atomic E-state index is 0.539. The normalized spacial score (nSPS) is 14.7. The molecular weight excluding hydrogens is 344 g/mol. The van der Waals surface area contributed by atoms with Crippen molar-refractivity contribution in [1.29, 1.82) is 0 Å². The SMILES string of the molecule is COc1ccc(CNc2ncnc(NCCCN3CCOCC3)c2N)cc1. The molecule has 1 saturated heterocycles. The number of nitrogens with one attached hydrogen (secondary N) is 2. The molecule has 1 aromatic carbocycles. The van der Waals surface area contributed by atoms with Crippen LogP contribution >= 0.6 is 0 Å². The van der Waals surface area contributed by atoms with E-state index in [2.05, 4.69) is 25.5 Å². The molecule has 0 bridgehead atoms. The molecule has 1 aliphatic heterocycles. The van der Waals surface area contributed by atoms with Crippen molar-refractivity contribution in [3.8, 4) is 5.75 Å². The van der Waals surface area contributed by atoms with Crippen LogP contribution in [0.3, 0.4) is 0 Å².